The third kappa shape index (κ3) is 3.62. The van der Waals surface area contributed by atoms with E-state index in [0.29, 0.717) is 13.1 Å². The molecule has 0 radical (unpaired) electrons. The molecule has 1 atom stereocenters. The summed E-state index contributed by atoms with van der Waals surface area (Å²) in [6.45, 7) is 6.39. The van der Waals surface area contributed by atoms with Gasteiger partial charge in [-0.25, -0.2) is 13.2 Å². The minimum Gasteiger partial charge on any atom is -0.475 e. The molecule has 1 unspecified atom stereocenters. The number of carbonyl (C=O) groups is 1. The summed E-state index contributed by atoms with van der Waals surface area (Å²) in [5.74, 6) is -1.50. The Hall–Kier alpha value is -0.860. The highest BCUT2D eigenvalue weighted by molar-refractivity contribution is 9.10. The van der Waals surface area contributed by atoms with Crippen molar-refractivity contribution in [2.75, 3.05) is 13.1 Å². The van der Waals surface area contributed by atoms with Crippen LogP contribution >= 0.6 is 15.9 Å². The molecule has 0 spiro atoms. The summed E-state index contributed by atoms with van der Waals surface area (Å²) in [4.78, 5) is 10.7. The Bertz CT molecular complexity index is 581. The van der Waals surface area contributed by atoms with Gasteiger partial charge in [0.05, 0.1) is 0 Å². The van der Waals surface area contributed by atoms with Crippen molar-refractivity contribution in [2.45, 2.75) is 32.1 Å². The topological polar surface area (TPSA) is 87.8 Å². The van der Waals surface area contributed by atoms with Gasteiger partial charge in [-0.05, 0) is 21.8 Å². The van der Waals surface area contributed by atoms with Crippen molar-refractivity contribution >= 4 is 31.9 Å². The average molecular weight is 368 g/mol. The highest BCUT2D eigenvalue weighted by Crippen LogP contribution is 2.29. The number of aromatic carboxylic acids is 1. The predicted molar refractivity (Wildman–Crippen MR) is 77.3 cm³/mol. The number of furan rings is 1. The van der Waals surface area contributed by atoms with E-state index in [9.17, 15) is 13.2 Å². The number of hydrogen-bond acceptors (Lipinski definition) is 4. The molecular formula is C12H18BrNO5S. The molecule has 20 heavy (non-hydrogen) atoms. The first-order valence-electron chi connectivity index (χ1n) is 6.26. The molecule has 0 saturated carbocycles. The Labute approximate surface area is 126 Å². The molecule has 0 saturated heterocycles. The van der Waals surface area contributed by atoms with E-state index >= 15 is 0 Å². The fourth-order valence-electron chi connectivity index (χ4n) is 1.65. The molecule has 0 aliphatic carbocycles. The van der Waals surface area contributed by atoms with E-state index in [1.807, 2.05) is 13.8 Å². The van der Waals surface area contributed by atoms with E-state index in [-0.39, 0.29) is 15.5 Å². The van der Waals surface area contributed by atoms with Crippen LogP contribution in [0.3, 0.4) is 0 Å². The lowest BCUT2D eigenvalue weighted by atomic mass is 10.1. The minimum atomic E-state index is -3.77. The van der Waals surface area contributed by atoms with Gasteiger partial charge in [0.1, 0.15) is 4.90 Å². The molecular weight excluding hydrogens is 350 g/mol. The monoisotopic (exact) mass is 367 g/mol. The fraction of sp³-hybridized carbons (Fsp3) is 0.583. The lowest BCUT2D eigenvalue weighted by Gasteiger charge is -2.22. The Balaban J connectivity index is 3.17. The summed E-state index contributed by atoms with van der Waals surface area (Å²) in [6, 6.07) is 1.03. The van der Waals surface area contributed by atoms with E-state index in [0.717, 1.165) is 12.5 Å². The quantitative estimate of drug-likeness (QED) is 0.800. The molecule has 8 heteroatoms. The van der Waals surface area contributed by atoms with Crippen molar-refractivity contribution < 1.29 is 22.7 Å². The van der Waals surface area contributed by atoms with Crippen molar-refractivity contribution in [3.8, 4) is 0 Å². The van der Waals surface area contributed by atoms with Gasteiger partial charge in [0.25, 0.3) is 0 Å². The predicted octanol–water partition coefficient (Wildman–Crippen LogP) is 2.80. The van der Waals surface area contributed by atoms with Crippen molar-refractivity contribution in [3.05, 3.63) is 16.5 Å². The van der Waals surface area contributed by atoms with Gasteiger partial charge in [0, 0.05) is 19.2 Å². The molecule has 0 fully saturated rings. The van der Waals surface area contributed by atoms with Gasteiger partial charge >= 0.3 is 5.97 Å². The Morgan fingerprint density at radius 3 is 2.50 bits per heavy atom. The molecule has 1 heterocycles. The molecule has 0 aliphatic rings. The Kier molecular flexibility index (Phi) is 5.79. The van der Waals surface area contributed by atoms with E-state index in [4.69, 9.17) is 9.52 Å². The van der Waals surface area contributed by atoms with Gasteiger partial charge < -0.3 is 9.52 Å². The van der Waals surface area contributed by atoms with Crippen LogP contribution in [0.4, 0.5) is 0 Å². The van der Waals surface area contributed by atoms with E-state index < -0.39 is 21.8 Å². The van der Waals surface area contributed by atoms with Crippen LogP contribution in [0.1, 0.15) is 37.7 Å². The van der Waals surface area contributed by atoms with Crippen molar-refractivity contribution in [1.82, 2.24) is 4.31 Å². The SMILES string of the molecule is CCC(C)CN(CC)S(=O)(=O)c1cc(C(=O)O)oc1Br. The zero-order valence-electron chi connectivity index (χ0n) is 11.6. The molecule has 1 rings (SSSR count). The Morgan fingerprint density at radius 2 is 2.10 bits per heavy atom. The van der Waals surface area contributed by atoms with Gasteiger partial charge in [-0.1, -0.05) is 27.2 Å². The molecule has 1 aromatic rings. The van der Waals surface area contributed by atoms with E-state index in [1.54, 1.807) is 6.92 Å². The smallest absolute Gasteiger partial charge is 0.371 e. The van der Waals surface area contributed by atoms with Crippen LogP contribution in [0.2, 0.25) is 0 Å². The summed E-state index contributed by atoms with van der Waals surface area (Å²) < 4.78 is 31.2. The molecule has 0 aliphatic heterocycles. The normalized spacial score (nSPS) is 13.7. The number of carboxylic acids is 1. The summed E-state index contributed by atoms with van der Waals surface area (Å²) in [6.07, 6.45) is 0.860. The van der Waals surface area contributed by atoms with E-state index in [2.05, 4.69) is 15.9 Å². The molecule has 0 aromatic carbocycles. The minimum absolute atomic E-state index is 0.0856. The van der Waals surface area contributed by atoms with Crippen LogP contribution in [-0.2, 0) is 10.0 Å². The maximum atomic E-state index is 12.5. The molecule has 1 N–H and O–H groups in total. The summed E-state index contributed by atoms with van der Waals surface area (Å²) in [7, 11) is -3.77. The Morgan fingerprint density at radius 1 is 1.50 bits per heavy atom. The van der Waals surface area contributed by atoms with Crippen LogP contribution in [0.5, 0.6) is 0 Å². The highest BCUT2D eigenvalue weighted by atomic mass is 79.9. The average Bonchev–Trinajstić information content (AvgIpc) is 2.78. The number of carboxylic acid groups (broad SMARTS) is 1. The first-order valence-corrected chi connectivity index (χ1v) is 8.50. The summed E-state index contributed by atoms with van der Waals surface area (Å²) in [5, 5.41) is 8.84. The van der Waals surface area contributed by atoms with E-state index in [1.165, 1.54) is 4.31 Å². The number of nitrogens with zero attached hydrogens (tertiary/aromatic N) is 1. The standard InChI is InChI=1S/C12H18BrNO5S/c1-4-8(3)7-14(5-2)20(17,18)10-6-9(12(15)16)19-11(10)13/h6,8H,4-5,7H2,1-3H3,(H,15,16). The van der Waals surface area contributed by atoms with Gasteiger partial charge in [0.15, 0.2) is 4.67 Å². The summed E-state index contributed by atoms with van der Waals surface area (Å²) in [5.41, 5.74) is 0. The number of sulfonamides is 1. The van der Waals surface area contributed by atoms with Gasteiger partial charge in [-0.15, -0.1) is 0 Å². The number of rotatable bonds is 7. The summed E-state index contributed by atoms with van der Waals surface area (Å²) >= 11 is 2.97. The molecule has 6 nitrogen and oxygen atoms in total. The second kappa shape index (κ2) is 6.73. The fourth-order valence-corrected chi connectivity index (χ4v) is 4.12. The van der Waals surface area contributed by atoms with Gasteiger partial charge in [0.2, 0.25) is 15.8 Å². The number of halogens is 1. The lowest BCUT2D eigenvalue weighted by Crippen LogP contribution is -2.34. The van der Waals surface area contributed by atoms with Crippen LogP contribution < -0.4 is 0 Å². The zero-order chi connectivity index (χ0) is 15.5. The van der Waals surface area contributed by atoms with Crippen LogP contribution in [0.25, 0.3) is 0 Å². The first-order chi connectivity index (χ1) is 9.23. The van der Waals surface area contributed by atoms with Crippen molar-refractivity contribution in [3.63, 3.8) is 0 Å². The maximum Gasteiger partial charge on any atom is 0.371 e. The third-order valence-electron chi connectivity index (χ3n) is 3.05. The second-order valence-electron chi connectivity index (χ2n) is 4.52. The lowest BCUT2D eigenvalue weighted by molar-refractivity contribution is 0.0661. The maximum absolute atomic E-state index is 12.5. The van der Waals surface area contributed by atoms with Crippen molar-refractivity contribution in [2.24, 2.45) is 5.92 Å². The van der Waals surface area contributed by atoms with Crippen molar-refractivity contribution in [1.29, 1.82) is 0 Å². The molecule has 0 amide bonds. The van der Waals surface area contributed by atoms with Crippen LogP contribution in [0.15, 0.2) is 20.0 Å². The second-order valence-corrected chi connectivity index (χ2v) is 7.15. The van der Waals surface area contributed by atoms with Crippen LogP contribution in [0, 0.1) is 5.92 Å². The largest absolute Gasteiger partial charge is 0.475 e. The highest BCUT2D eigenvalue weighted by Gasteiger charge is 2.30. The third-order valence-corrected chi connectivity index (χ3v) is 5.85. The molecule has 1 aromatic heterocycles. The van der Waals surface area contributed by atoms with Gasteiger partial charge in [-0.3, -0.25) is 0 Å². The zero-order valence-corrected chi connectivity index (χ0v) is 14.0. The molecule has 114 valence electrons. The molecule has 0 bridgehead atoms. The van der Waals surface area contributed by atoms with Crippen LogP contribution in [-0.4, -0.2) is 36.9 Å². The first kappa shape index (κ1) is 17.2. The number of hydrogen-bond donors (Lipinski definition) is 1. The van der Waals surface area contributed by atoms with Gasteiger partial charge in [-0.2, -0.15) is 4.31 Å².